The third kappa shape index (κ3) is 4.04. The molecule has 0 radical (unpaired) electrons. The van der Waals surface area contributed by atoms with Crippen LogP contribution in [-0.2, 0) is 0 Å². The molecule has 20 heavy (non-hydrogen) atoms. The SMILES string of the molecule is CCCCN1CCC(NC(=O)c2ccccc2F)CC1. The standard InChI is InChI=1S/C16H23FN2O/c1-2-3-10-19-11-8-13(9-12-19)18-16(20)14-6-4-5-7-15(14)17/h4-7,13H,2-3,8-12H2,1H3,(H,18,20). The summed E-state index contributed by atoms with van der Waals surface area (Å²) in [7, 11) is 0. The Labute approximate surface area is 120 Å². The minimum atomic E-state index is -0.453. The molecule has 110 valence electrons. The topological polar surface area (TPSA) is 32.3 Å². The normalized spacial score (nSPS) is 17.1. The predicted molar refractivity (Wildman–Crippen MR) is 78.2 cm³/mol. The molecular weight excluding hydrogens is 255 g/mol. The molecule has 4 heteroatoms. The van der Waals surface area contributed by atoms with Gasteiger partial charge >= 0.3 is 0 Å². The van der Waals surface area contributed by atoms with Crippen molar-refractivity contribution in [3.8, 4) is 0 Å². The highest BCUT2D eigenvalue weighted by atomic mass is 19.1. The molecule has 1 heterocycles. The highest BCUT2D eigenvalue weighted by Crippen LogP contribution is 2.13. The van der Waals surface area contributed by atoms with E-state index in [4.69, 9.17) is 0 Å². The molecular formula is C16H23FN2O. The molecule has 2 rings (SSSR count). The van der Waals surface area contributed by atoms with Crippen LogP contribution in [-0.4, -0.2) is 36.5 Å². The summed E-state index contributed by atoms with van der Waals surface area (Å²) in [6.45, 7) is 5.37. The number of amides is 1. The van der Waals surface area contributed by atoms with Gasteiger partial charge in [-0.05, 0) is 37.9 Å². The van der Waals surface area contributed by atoms with Gasteiger partial charge in [-0.1, -0.05) is 25.5 Å². The van der Waals surface area contributed by atoms with E-state index in [1.807, 2.05) is 0 Å². The fraction of sp³-hybridized carbons (Fsp3) is 0.562. The molecule has 1 saturated heterocycles. The molecule has 0 saturated carbocycles. The lowest BCUT2D eigenvalue weighted by Crippen LogP contribution is -2.45. The summed E-state index contributed by atoms with van der Waals surface area (Å²) in [5.41, 5.74) is 0.140. The van der Waals surface area contributed by atoms with E-state index in [1.54, 1.807) is 12.1 Å². The number of rotatable bonds is 5. The second-order valence-corrected chi connectivity index (χ2v) is 5.42. The van der Waals surface area contributed by atoms with Crippen LogP contribution in [0.1, 0.15) is 43.0 Å². The highest BCUT2D eigenvalue weighted by Gasteiger charge is 2.21. The van der Waals surface area contributed by atoms with Crippen molar-refractivity contribution in [1.29, 1.82) is 0 Å². The number of nitrogens with one attached hydrogen (secondary N) is 1. The lowest BCUT2D eigenvalue weighted by Gasteiger charge is -2.32. The zero-order chi connectivity index (χ0) is 14.4. The van der Waals surface area contributed by atoms with Gasteiger partial charge in [0.2, 0.25) is 0 Å². The molecule has 0 atom stereocenters. The first-order valence-corrected chi connectivity index (χ1v) is 7.48. The number of carbonyl (C=O) groups is 1. The summed E-state index contributed by atoms with van der Waals surface area (Å²) in [5, 5.41) is 2.95. The maximum Gasteiger partial charge on any atom is 0.254 e. The van der Waals surface area contributed by atoms with E-state index in [0.717, 1.165) is 32.5 Å². The van der Waals surface area contributed by atoms with Crippen molar-refractivity contribution < 1.29 is 9.18 Å². The van der Waals surface area contributed by atoms with Gasteiger partial charge in [0.05, 0.1) is 5.56 Å². The second-order valence-electron chi connectivity index (χ2n) is 5.42. The summed E-state index contributed by atoms with van der Waals surface area (Å²) in [6.07, 6.45) is 4.34. The van der Waals surface area contributed by atoms with Gasteiger partial charge < -0.3 is 10.2 Å². The Balaban J connectivity index is 1.81. The molecule has 1 fully saturated rings. The monoisotopic (exact) mass is 278 g/mol. The summed E-state index contributed by atoms with van der Waals surface area (Å²) in [4.78, 5) is 14.5. The van der Waals surface area contributed by atoms with Gasteiger partial charge in [-0.15, -0.1) is 0 Å². The van der Waals surface area contributed by atoms with Crippen molar-refractivity contribution in [2.75, 3.05) is 19.6 Å². The molecule has 0 aromatic heterocycles. The van der Waals surface area contributed by atoms with Crippen molar-refractivity contribution in [3.05, 3.63) is 35.6 Å². The lowest BCUT2D eigenvalue weighted by molar-refractivity contribution is 0.0906. The number of benzene rings is 1. The molecule has 1 aliphatic rings. The average molecular weight is 278 g/mol. The molecule has 3 nitrogen and oxygen atoms in total. The summed E-state index contributed by atoms with van der Waals surface area (Å²) >= 11 is 0. The molecule has 1 amide bonds. The number of carbonyl (C=O) groups excluding carboxylic acids is 1. The Bertz CT molecular complexity index is 442. The molecule has 0 bridgehead atoms. The van der Waals surface area contributed by atoms with Crippen molar-refractivity contribution >= 4 is 5.91 Å². The van der Waals surface area contributed by atoms with Crippen LogP contribution in [0.2, 0.25) is 0 Å². The van der Waals surface area contributed by atoms with E-state index in [2.05, 4.69) is 17.1 Å². The first-order chi connectivity index (χ1) is 9.70. The van der Waals surface area contributed by atoms with Crippen molar-refractivity contribution in [2.45, 2.75) is 38.6 Å². The van der Waals surface area contributed by atoms with Crippen LogP contribution in [0.15, 0.2) is 24.3 Å². The Morgan fingerprint density at radius 3 is 2.70 bits per heavy atom. The van der Waals surface area contributed by atoms with E-state index in [0.29, 0.717) is 0 Å². The van der Waals surface area contributed by atoms with Crippen LogP contribution in [0, 0.1) is 5.82 Å². The van der Waals surface area contributed by atoms with Crippen molar-refractivity contribution in [2.24, 2.45) is 0 Å². The molecule has 1 aliphatic heterocycles. The quantitative estimate of drug-likeness (QED) is 0.898. The second kappa shape index (κ2) is 7.39. The van der Waals surface area contributed by atoms with Crippen LogP contribution in [0.3, 0.4) is 0 Å². The lowest BCUT2D eigenvalue weighted by atomic mass is 10.0. The van der Waals surface area contributed by atoms with E-state index >= 15 is 0 Å². The smallest absolute Gasteiger partial charge is 0.254 e. The molecule has 1 aromatic carbocycles. The number of unbranched alkanes of at least 4 members (excludes halogenated alkanes) is 1. The Kier molecular flexibility index (Phi) is 5.53. The van der Waals surface area contributed by atoms with E-state index in [1.165, 1.54) is 25.0 Å². The average Bonchev–Trinajstić information content (AvgIpc) is 2.47. The Morgan fingerprint density at radius 2 is 2.05 bits per heavy atom. The van der Waals surface area contributed by atoms with Crippen LogP contribution >= 0.6 is 0 Å². The van der Waals surface area contributed by atoms with Gasteiger partial charge in [-0.25, -0.2) is 4.39 Å². The van der Waals surface area contributed by atoms with Crippen LogP contribution in [0.5, 0.6) is 0 Å². The molecule has 0 aliphatic carbocycles. The maximum atomic E-state index is 13.5. The van der Waals surface area contributed by atoms with E-state index in [9.17, 15) is 9.18 Å². The van der Waals surface area contributed by atoms with Gasteiger partial charge in [-0.3, -0.25) is 4.79 Å². The summed E-state index contributed by atoms with van der Waals surface area (Å²) in [5.74, 6) is -0.750. The number of hydrogen-bond donors (Lipinski definition) is 1. The largest absolute Gasteiger partial charge is 0.349 e. The zero-order valence-corrected chi connectivity index (χ0v) is 12.1. The van der Waals surface area contributed by atoms with Crippen LogP contribution in [0.4, 0.5) is 4.39 Å². The summed E-state index contributed by atoms with van der Waals surface area (Å²) in [6, 6.07) is 6.30. The number of hydrogen-bond acceptors (Lipinski definition) is 2. The van der Waals surface area contributed by atoms with Crippen molar-refractivity contribution in [1.82, 2.24) is 10.2 Å². The molecule has 0 unspecified atom stereocenters. The third-order valence-corrected chi connectivity index (χ3v) is 3.87. The van der Waals surface area contributed by atoms with Crippen LogP contribution < -0.4 is 5.32 Å². The third-order valence-electron chi connectivity index (χ3n) is 3.87. The van der Waals surface area contributed by atoms with E-state index in [-0.39, 0.29) is 17.5 Å². The minimum Gasteiger partial charge on any atom is -0.349 e. The number of nitrogens with zero attached hydrogens (tertiary/aromatic N) is 1. The molecule has 1 aromatic rings. The zero-order valence-electron chi connectivity index (χ0n) is 12.1. The van der Waals surface area contributed by atoms with Gasteiger partial charge in [0.25, 0.3) is 5.91 Å². The maximum absolute atomic E-state index is 13.5. The van der Waals surface area contributed by atoms with Crippen LogP contribution in [0.25, 0.3) is 0 Å². The number of likely N-dealkylation sites (tertiary alicyclic amines) is 1. The van der Waals surface area contributed by atoms with Crippen molar-refractivity contribution in [3.63, 3.8) is 0 Å². The van der Waals surface area contributed by atoms with Gasteiger partial charge in [0.15, 0.2) is 0 Å². The number of piperidine rings is 1. The first kappa shape index (κ1) is 15.0. The fourth-order valence-electron chi connectivity index (χ4n) is 2.59. The van der Waals surface area contributed by atoms with Gasteiger partial charge in [-0.2, -0.15) is 0 Å². The van der Waals surface area contributed by atoms with Gasteiger partial charge in [0, 0.05) is 19.1 Å². The Morgan fingerprint density at radius 1 is 1.35 bits per heavy atom. The number of halogens is 1. The van der Waals surface area contributed by atoms with E-state index < -0.39 is 5.82 Å². The minimum absolute atomic E-state index is 0.140. The van der Waals surface area contributed by atoms with Gasteiger partial charge in [0.1, 0.15) is 5.82 Å². The summed E-state index contributed by atoms with van der Waals surface area (Å²) < 4.78 is 13.5. The Hall–Kier alpha value is -1.42. The molecule has 1 N–H and O–H groups in total. The fourth-order valence-corrected chi connectivity index (χ4v) is 2.59. The first-order valence-electron chi connectivity index (χ1n) is 7.48. The predicted octanol–water partition coefficient (Wildman–Crippen LogP) is 2.82. The molecule has 0 spiro atoms. The highest BCUT2D eigenvalue weighted by molar-refractivity contribution is 5.94.